The Hall–Kier alpha value is -0.503. The van der Waals surface area contributed by atoms with Crippen molar-refractivity contribution in [3.05, 3.63) is 23.4 Å². The molecule has 0 fully saturated rings. The summed E-state index contributed by atoms with van der Waals surface area (Å²) in [7, 11) is -0.812. The summed E-state index contributed by atoms with van der Waals surface area (Å²) in [6.45, 7) is 16.5. The van der Waals surface area contributed by atoms with Crippen LogP contribution in [-0.4, -0.2) is 19.1 Å². The Labute approximate surface area is 109 Å². The maximum absolute atomic E-state index is 2.73. The van der Waals surface area contributed by atoms with E-state index in [0.717, 1.165) is 12.3 Å². The van der Waals surface area contributed by atoms with E-state index in [1.165, 1.54) is 6.42 Å². The minimum absolute atomic E-state index is 0.268. The maximum atomic E-state index is 2.73. The smallest absolute Gasteiger partial charge is 0.134 e. The number of hydrogen-bond acceptors (Lipinski definition) is 1. The highest BCUT2D eigenvalue weighted by Crippen LogP contribution is 2.32. The molecule has 0 atom stereocenters. The fraction of sp³-hybridized carbons (Fsp3) is 0.733. The second-order valence-corrected chi connectivity index (χ2v) is 9.51. The van der Waals surface area contributed by atoms with Gasteiger partial charge in [0.2, 0.25) is 0 Å². The molecule has 17 heavy (non-hydrogen) atoms. The molecule has 98 valence electrons. The van der Waals surface area contributed by atoms with Crippen molar-refractivity contribution in [1.29, 1.82) is 0 Å². The zero-order valence-corrected chi connectivity index (χ0v) is 13.8. The summed E-state index contributed by atoms with van der Waals surface area (Å²) in [5.41, 5.74) is 3.45. The lowest BCUT2D eigenvalue weighted by atomic mass is 10.0. The highest BCUT2D eigenvalue weighted by Gasteiger charge is 2.28. The molecule has 1 nitrogen and oxygen atoms in total. The molecule has 1 aliphatic rings. The molecule has 0 spiro atoms. The van der Waals surface area contributed by atoms with Crippen molar-refractivity contribution in [1.82, 2.24) is 4.57 Å². The van der Waals surface area contributed by atoms with E-state index < -0.39 is 8.96 Å². The predicted molar refractivity (Wildman–Crippen MR) is 80.7 cm³/mol. The third kappa shape index (κ3) is 3.73. The Morgan fingerprint density at radius 2 is 1.88 bits per heavy atom. The molecule has 0 aromatic heterocycles. The van der Waals surface area contributed by atoms with Gasteiger partial charge < -0.3 is 4.57 Å². The Balaban J connectivity index is 3.02. The molecule has 0 amide bonds. The van der Waals surface area contributed by atoms with Crippen molar-refractivity contribution in [2.75, 3.05) is 0 Å². The first-order valence-corrected chi connectivity index (χ1v) is 9.74. The molecule has 0 unspecified atom stereocenters. The Kier molecular flexibility index (Phi) is 4.65. The SMILES string of the molecule is CC(C)CC1=C(N([SiH](C)C)C(C)(C)C)CC=C1. The van der Waals surface area contributed by atoms with Crippen LogP contribution in [0, 0.1) is 5.92 Å². The second kappa shape index (κ2) is 5.43. The lowest BCUT2D eigenvalue weighted by Crippen LogP contribution is -2.47. The van der Waals surface area contributed by atoms with E-state index in [1.807, 2.05) is 0 Å². The topological polar surface area (TPSA) is 3.24 Å². The highest BCUT2D eigenvalue weighted by molar-refractivity contribution is 6.53. The van der Waals surface area contributed by atoms with Gasteiger partial charge in [0, 0.05) is 17.7 Å². The van der Waals surface area contributed by atoms with Crippen LogP contribution in [0.15, 0.2) is 23.4 Å². The summed E-state index contributed by atoms with van der Waals surface area (Å²) in [5.74, 6) is 0.749. The van der Waals surface area contributed by atoms with Gasteiger partial charge in [-0.3, -0.25) is 0 Å². The van der Waals surface area contributed by atoms with Crippen molar-refractivity contribution < 1.29 is 0 Å². The van der Waals surface area contributed by atoms with Gasteiger partial charge in [0.05, 0.1) is 0 Å². The highest BCUT2D eigenvalue weighted by atomic mass is 28.3. The summed E-state index contributed by atoms with van der Waals surface area (Å²) in [6, 6.07) is 0. The average Bonchev–Trinajstić information content (AvgIpc) is 2.48. The summed E-state index contributed by atoms with van der Waals surface area (Å²) >= 11 is 0. The quantitative estimate of drug-likeness (QED) is 0.672. The largest absolute Gasteiger partial charge is 0.399 e. The molecule has 0 aromatic rings. The van der Waals surface area contributed by atoms with E-state index in [-0.39, 0.29) is 5.54 Å². The molecule has 1 aliphatic carbocycles. The van der Waals surface area contributed by atoms with E-state index in [1.54, 1.807) is 11.3 Å². The Morgan fingerprint density at radius 3 is 2.29 bits per heavy atom. The van der Waals surface area contributed by atoms with E-state index >= 15 is 0 Å². The number of nitrogens with zero attached hydrogens (tertiary/aromatic N) is 1. The molecule has 0 N–H and O–H groups in total. The van der Waals surface area contributed by atoms with Crippen LogP contribution in [0.3, 0.4) is 0 Å². The summed E-state index contributed by atoms with van der Waals surface area (Å²) in [6.07, 6.45) is 7.05. The first-order chi connectivity index (χ1) is 7.73. The van der Waals surface area contributed by atoms with Gasteiger partial charge in [0.15, 0.2) is 0 Å². The van der Waals surface area contributed by atoms with Crippen molar-refractivity contribution in [2.45, 2.75) is 66.1 Å². The number of rotatable bonds is 4. The van der Waals surface area contributed by atoms with Crippen LogP contribution in [0.25, 0.3) is 0 Å². The molecule has 0 saturated carbocycles. The van der Waals surface area contributed by atoms with Crippen molar-refractivity contribution in [3.63, 3.8) is 0 Å². The molecule has 1 rings (SSSR count). The van der Waals surface area contributed by atoms with Crippen LogP contribution < -0.4 is 0 Å². The third-order valence-corrected chi connectivity index (χ3v) is 5.28. The average molecular weight is 251 g/mol. The molecule has 0 radical (unpaired) electrons. The van der Waals surface area contributed by atoms with Gasteiger partial charge in [-0.05, 0) is 38.7 Å². The lowest BCUT2D eigenvalue weighted by Gasteiger charge is -2.43. The summed E-state index contributed by atoms with van der Waals surface area (Å²) < 4.78 is 2.73. The van der Waals surface area contributed by atoms with Crippen LogP contribution >= 0.6 is 0 Å². The first-order valence-electron chi connectivity index (χ1n) is 6.91. The van der Waals surface area contributed by atoms with E-state index in [4.69, 9.17) is 0 Å². The first kappa shape index (κ1) is 14.6. The van der Waals surface area contributed by atoms with E-state index in [0.29, 0.717) is 0 Å². The van der Waals surface area contributed by atoms with Crippen LogP contribution in [0.5, 0.6) is 0 Å². The van der Waals surface area contributed by atoms with Crippen molar-refractivity contribution in [2.24, 2.45) is 5.92 Å². The van der Waals surface area contributed by atoms with Gasteiger partial charge in [-0.15, -0.1) is 0 Å². The molecule has 0 aromatic carbocycles. The molecular formula is C15H29NSi. The predicted octanol–water partition coefficient (Wildman–Crippen LogP) is 4.33. The molecule has 0 heterocycles. The zero-order valence-electron chi connectivity index (χ0n) is 12.7. The van der Waals surface area contributed by atoms with Crippen molar-refractivity contribution in [3.8, 4) is 0 Å². The van der Waals surface area contributed by atoms with Gasteiger partial charge in [-0.2, -0.15) is 0 Å². The van der Waals surface area contributed by atoms with Gasteiger partial charge in [0.1, 0.15) is 8.96 Å². The molecule has 0 saturated heterocycles. The monoisotopic (exact) mass is 251 g/mol. The van der Waals surface area contributed by atoms with E-state index in [9.17, 15) is 0 Å². The van der Waals surface area contributed by atoms with E-state index in [2.05, 4.69) is 64.4 Å². The minimum atomic E-state index is -0.812. The lowest BCUT2D eigenvalue weighted by molar-refractivity contribution is 0.295. The zero-order chi connectivity index (χ0) is 13.2. The summed E-state index contributed by atoms with van der Waals surface area (Å²) in [5, 5.41) is 0. The van der Waals surface area contributed by atoms with Crippen LogP contribution in [-0.2, 0) is 0 Å². The molecule has 0 aliphatic heterocycles. The Bertz CT molecular complexity index is 318. The maximum Gasteiger partial charge on any atom is 0.134 e. The van der Waals surface area contributed by atoms with Crippen molar-refractivity contribution >= 4 is 8.96 Å². The molecular weight excluding hydrogens is 222 g/mol. The van der Waals surface area contributed by atoms with Crippen LogP contribution in [0.4, 0.5) is 0 Å². The second-order valence-electron chi connectivity index (χ2n) is 6.81. The minimum Gasteiger partial charge on any atom is -0.399 e. The fourth-order valence-electron chi connectivity index (χ4n) is 2.91. The molecule has 0 bridgehead atoms. The number of hydrogen-bond donors (Lipinski definition) is 0. The van der Waals surface area contributed by atoms with Gasteiger partial charge in [0.25, 0.3) is 0 Å². The Morgan fingerprint density at radius 1 is 1.29 bits per heavy atom. The molecule has 2 heteroatoms. The number of allylic oxidation sites excluding steroid dienone is 3. The van der Waals surface area contributed by atoms with Crippen LogP contribution in [0.2, 0.25) is 13.1 Å². The normalized spacial score (nSPS) is 16.5. The van der Waals surface area contributed by atoms with Gasteiger partial charge >= 0.3 is 0 Å². The van der Waals surface area contributed by atoms with Gasteiger partial charge in [-0.25, -0.2) is 0 Å². The van der Waals surface area contributed by atoms with Crippen LogP contribution in [0.1, 0.15) is 47.5 Å². The fourth-order valence-corrected chi connectivity index (χ4v) is 5.35. The standard InChI is InChI=1S/C15H29NSi/c1-12(2)11-13-9-8-10-14(13)16(17(6)7)15(3,4)5/h8-9,12,17H,10-11H2,1-7H3. The third-order valence-electron chi connectivity index (χ3n) is 3.16. The summed E-state index contributed by atoms with van der Waals surface area (Å²) in [4.78, 5) is 0. The van der Waals surface area contributed by atoms with Gasteiger partial charge in [-0.1, -0.05) is 39.1 Å².